The highest BCUT2D eigenvalue weighted by Gasteiger charge is 2.45. The average Bonchev–Trinajstić information content (AvgIpc) is 3.63. The van der Waals surface area contributed by atoms with E-state index in [9.17, 15) is 18.4 Å². The van der Waals surface area contributed by atoms with Crippen LogP contribution in [0.3, 0.4) is 0 Å². The third kappa shape index (κ3) is 8.94. The van der Waals surface area contributed by atoms with Crippen molar-refractivity contribution >= 4 is 67.2 Å². The van der Waals surface area contributed by atoms with Gasteiger partial charge in [-0.3, -0.25) is 15.1 Å². The summed E-state index contributed by atoms with van der Waals surface area (Å²) in [5.74, 6) is -3.83. The van der Waals surface area contributed by atoms with Gasteiger partial charge in [0.05, 0.1) is 27.3 Å². The number of thiazole rings is 1. The van der Waals surface area contributed by atoms with Gasteiger partial charge in [-0.15, -0.1) is 0 Å². The third-order valence-electron chi connectivity index (χ3n) is 10.0. The van der Waals surface area contributed by atoms with Crippen LogP contribution in [0.4, 0.5) is 38.1 Å². The molecule has 1 N–H and O–H groups in total. The Morgan fingerprint density at radius 3 is 2.26 bits per heavy atom. The minimum Gasteiger partial charge on any atom is -0.459 e. The van der Waals surface area contributed by atoms with Crippen LogP contribution < -0.4 is 15.0 Å². The molecule has 7 rings (SSSR count). The number of ether oxygens (including phenoxy) is 3. The van der Waals surface area contributed by atoms with Crippen LogP contribution in [0.1, 0.15) is 74.1 Å². The summed E-state index contributed by atoms with van der Waals surface area (Å²) < 4.78 is 77.5. The molecule has 18 heteroatoms. The molecule has 12 nitrogen and oxygen atoms in total. The monoisotopic (exact) mass is 835 g/mol. The smallest absolute Gasteiger partial charge is 0.413 e. The Bertz CT molecular complexity index is 2190. The number of piperazine rings is 1. The predicted octanol–water partition coefficient (Wildman–Crippen LogP) is 9.27. The van der Waals surface area contributed by atoms with Gasteiger partial charge in [0.25, 0.3) is 5.92 Å². The zero-order chi connectivity index (χ0) is 41.2. The van der Waals surface area contributed by atoms with Crippen LogP contribution in [0, 0.1) is 11.6 Å². The molecular formula is C39H46ClF4N7O5S. The lowest BCUT2D eigenvalue weighted by Crippen LogP contribution is -2.57. The van der Waals surface area contributed by atoms with Gasteiger partial charge in [0.2, 0.25) is 0 Å². The molecule has 2 bridgehead atoms. The van der Waals surface area contributed by atoms with Crippen molar-refractivity contribution in [2.24, 2.45) is 0 Å². The molecule has 0 aliphatic carbocycles. The summed E-state index contributed by atoms with van der Waals surface area (Å²) in [7, 11) is 0. The van der Waals surface area contributed by atoms with Crippen molar-refractivity contribution in [1.82, 2.24) is 24.8 Å². The second-order valence-electron chi connectivity index (χ2n) is 17.0. The van der Waals surface area contributed by atoms with Crippen molar-refractivity contribution in [2.45, 2.75) is 109 Å². The molecule has 4 aromatic rings. The highest BCUT2D eigenvalue weighted by Crippen LogP contribution is 2.44. The molecule has 2 amide bonds. The van der Waals surface area contributed by atoms with Crippen molar-refractivity contribution in [3.8, 4) is 17.1 Å². The van der Waals surface area contributed by atoms with E-state index in [0.717, 1.165) is 24.2 Å². The third-order valence-corrected chi connectivity index (χ3v) is 11.3. The van der Waals surface area contributed by atoms with Crippen molar-refractivity contribution < 1.29 is 41.4 Å². The van der Waals surface area contributed by atoms with E-state index in [2.05, 4.69) is 15.3 Å². The van der Waals surface area contributed by atoms with Gasteiger partial charge < -0.3 is 19.1 Å². The van der Waals surface area contributed by atoms with Gasteiger partial charge in [0.1, 0.15) is 34.5 Å². The van der Waals surface area contributed by atoms with E-state index < -0.39 is 47.0 Å². The fourth-order valence-electron chi connectivity index (χ4n) is 7.65. The van der Waals surface area contributed by atoms with E-state index in [-0.39, 0.29) is 86.4 Å². The Morgan fingerprint density at radius 1 is 0.982 bits per heavy atom. The molecular weight excluding hydrogens is 790 g/mol. The van der Waals surface area contributed by atoms with E-state index in [4.69, 9.17) is 30.8 Å². The van der Waals surface area contributed by atoms with Crippen molar-refractivity contribution in [3.05, 3.63) is 34.9 Å². The largest absolute Gasteiger partial charge is 0.459 e. The molecule has 0 saturated carbocycles. The molecule has 3 aliphatic heterocycles. The van der Waals surface area contributed by atoms with Crippen molar-refractivity contribution in [2.75, 3.05) is 42.9 Å². The number of anilines is 2. The van der Waals surface area contributed by atoms with Crippen LogP contribution in [-0.4, -0.2) is 105 Å². The molecule has 57 heavy (non-hydrogen) atoms. The van der Waals surface area contributed by atoms with E-state index in [0.29, 0.717) is 25.5 Å². The first kappa shape index (κ1) is 41.0. The number of amides is 2. The first-order valence-corrected chi connectivity index (χ1v) is 20.2. The second-order valence-corrected chi connectivity index (χ2v) is 18.4. The quantitative estimate of drug-likeness (QED) is 0.180. The summed E-state index contributed by atoms with van der Waals surface area (Å²) in [6.07, 6.45) is -0.782. The average molecular weight is 836 g/mol. The van der Waals surface area contributed by atoms with Crippen LogP contribution >= 0.6 is 22.9 Å². The zero-order valence-corrected chi connectivity index (χ0v) is 34.4. The minimum absolute atomic E-state index is 0.0216. The summed E-state index contributed by atoms with van der Waals surface area (Å²) in [5, 5.41) is 2.83. The number of alkyl halides is 2. The molecule has 0 radical (unpaired) electrons. The number of carbonyl (C=O) groups is 2. The van der Waals surface area contributed by atoms with E-state index in [1.807, 2.05) is 30.6 Å². The van der Waals surface area contributed by atoms with Crippen LogP contribution in [0.2, 0.25) is 5.02 Å². The number of hydrogen-bond donors (Lipinski definition) is 1. The lowest BCUT2D eigenvalue weighted by molar-refractivity contribution is -0.0595. The predicted molar refractivity (Wildman–Crippen MR) is 211 cm³/mol. The topological polar surface area (TPSA) is 122 Å². The summed E-state index contributed by atoms with van der Waals surface area (Å²) in [5.41, 5.74) is -1.47. The van der Waals surface area contributed by atoms with Crippen molar-refractivity contribution in [1.29, 1.82) is 0 Å². The van der Waals surface area contributed by atoms with Crippen LogP contribution in [0.25, 0.3) is 32.2 Å². The van der Waals surface area contributed by atoms with E-state index in [1.165, 1.54) is 12.1 Å². The number of nitrogens with zero attached hydrogens (tertiary/aromatic N) is 6. The van der Waals surface area contributed by atoms with E-state index in [1.54, 1.807) is 38.7 Å². The molecule has 2 aromatic carbocycles. The van der Waals surface area contributed by atoms with Crippen LogP contribution in [0.5, 0.6) is 6.01 Å². The van der Waals surface area contributed by atoms with Gasteiger partial charge in [-0.25, -0.2) is 32.1 Å². The highest BCUT2D eigenvalue weighted by atomic mass is 35.5. The van der Waals surface area contributed by atoms with E-state index >= 15 is 8.78 Å². The van der Waals surface area contributed by atoms with Crippen molar-refractivity contribution in [3.63, 3.8) is 0 Å². The second kappa shape index (κ2) is 15.2. The standard InChI is InChI=1S/C39H46ClF4N7O5S/c1-20(17-49-14-12-39(43,44)13-15-49)54-33-45-29-24(32(47-33)50-18-21-8-9-22(19-50)51(21)36(53)56-38(5,6)7)16-25(40)27(28(29)42)23-10-11-26(41)31-30(23)46-34(57-31)48-35(52)55-37(2,3)4/h10-11,16,20-22H,8-9,12-15,17-19H2,1-7H3,(H,46,48,52). The number of hydrogen-bond acceptors (Lipinski definition) is 11. The number of carbonyl (C=O) groups excluding carboxylic acids is 2. The van der Waals surface area contributed by atoms with Gasteiger partial charge in [-0.05, 0) is 79.5 Å². The van der Waals surface area contributed by atoms with Gasteiger partial charge in [0, 0.05) is 62.1 Å². The van der Waals surface area contributed by atoms with Gasteiger partial charge in [0.15, 0.2) is 10.9 Å². The van der Waals surface area contributed by atoms with Crippen LogP contribution in [0.15, 0.2) is 18.2 Å². The minimum atomic E-state index is -2.70. The van der Waals surface area contributed by atoms with Crippen LogP contribution in [-0.2, 0) is 9.47 Å². The number of piperidine rings is 1. The summed E-state index contributed by atoms with van der Waals surface area (Å²) in [6.45, 7) is 13.8. The number of nitrogens with one attached hydrogen (secondary N) is 1. The lowest BCUT2D eigenvalue weighted by Gasteiger charge is -2.42. The maximum atomic E-state index is 17.2. The summed E-state index contributed by atoms with van der Waals surface area (Å²) in [4.78, 5) is 45.2. The molecule has 0 spiro atoms. The summed E-state index contributed by atoms with van der Waals surface area (Å²) >= 11 is 7.78. The first-order chi connectivity index (χ1) is 26.6. The highest BCUT2D eigenvalue weighted by molar-refractivity contribution is 7.22. The molecule has 3 atom stereocenters. The Labute approximate surface area is 336 Å². The molecule has 3 saturated heterocycles. The molecule has 3 unspecified atom stereocenters. The maximum absolute atomic E-state index is 17.2. The summed E-state index contributed by atoms with van der Waals surface area (Å²) in [6, 6.07) is 3.54. The number of rotatable bonds is 7. The SMILES string of the molecule is CC(CN1CCC(F)(F)CC1)Oc1nc(N2CC3CCC(C2)N3C(=O)OC(C)(C)C)c2cc(Cl)c(-c3ccc(F)c4sc(NC(=O)OC(C)(C)C)nc34)c(F)c2n1. The number of likely N-dealkylation sites (tertiary alicyclic amines) is 1. The Hall–Kier alpha value is -4.22. The molecule has 308 valence electrons. The fraction of sp³-hybridized carbons (Fsp3) is 0.564. The maximum Gasteiger partial charge on any atom is 0.413 e. The molecule has 3 fully saturated rings. The number of halogens is 5. The normalized spacial score (nSPS) is 20.6. The molecule has 2 aromatic heterocycles. The zero-order valence-electron chi connectivity index (χ0n) is 32.9. The van der Waals surface area contributed by atoms with Gasteiger partial charge in [-0.2, -0.15) is 9.97 Å². The number of fused-ring (bicyclic) bond motifs is 4. The Balaban J connectivity index is 1.28. The lowest BCUT2D eigenvalue weighted by atomic mass is 10.0. The Kier molecular flexibility index (Phi) is 10.9. The Morgan fingerprint density at radius 2 is 1.63 bits per heavy atom. The fourth-order valence-corrected chi connectivity index (χ4v) is 8.83. The first-order valence-electron chi connectivity index (χ1n) is 19.0. The van der Waals surface area contributed by atoms with Gasteiger partial charge in [-0.1, -0.05) is 22.9 Å². The number of aromatic nitrogens is 3. The molecule has 3 aliphatic rings. The molecule has 5 heterocycles. The number of benzene rings is 2. The van der Waals surface area contributed by atoms with Gasteiger partial charge >= 0.3 is 18.2 Å².